The Labute approximate surface area is 264 Å². The average Bonchev–Trinajstić information content (AvgIpc) is 3.60. The number of carbonyl (C=O) groups is 1. The van der Waals surface area contributed by atoms with E-state index in [-0.39, 0.29) is 36.3 Å². The first kappa shape index (κ1) is 33.8. The summed E-state index contributed by atoms with van der Waals surface area (Å²) in [4.78, 5) is 12.9. The van der Waals surface area contributed by atoms with E-state index in [1.54, 1.807) is 13.0 Å². The third-order valence-electron chi connectivity index (χ3n) is 8.41. The van der Waals surface area contributed by atoms with Crippen LogP contribution >= 0.6 is 0 Å². The van der Waals surface area contributed by atoms with E-state index in [4.69, 9.17) is 23.7 Å². The Hall–Kier alpha value is -3.60. The van der Waals surface area contributed by atoms with Crippen molar-refractivity contribution >= 4 is 12.0 Å². The molecule has 0 spiro atoms. The van der Waals surface area contributed by atoms with Gasteiger partial charge < -0.3 is 59.6 Å². The maximum atomic E-state index is 13.1. The largest absolute Gasteiger partial charge is 0.504 e. The van der Waals surface area contributed by atoms with Gasteiger partial charge in [-0.05, 0) is 80.5 Å². The van der Waals surface area contributed by atoms with Crippen molar-refractivity contribution in [2.75, 3.05) is 13.4 Å². The molecule has 46 heavy (non-hydrogen) atoms. The van der Waals surface area contributed by atoms with Crippen LogP contribution in [0.25, 0.3) is 6.08 Å². The summed E-state index contributed by atoms with van der Waals surface area (Å²) in [6.45, 7) is 4.45. The van der Waals surface area contributed by atoms with Crippen molar-refractivity contribution in [1.29, 1.82) is 0 Å². The summed E-state index contributed by atoms with van der Waals surface area (Å²) in [7, 11) is 0. The molecular weight excluding hydrogens is 609 g/mol. The van der Waals surface area contributed by atoms with Crippen molar-refractivity contribution in [2.24, 2.45) is 0 Å². The Bertz CT molecular complexity index is 1460. The van der Waals surface area contributed by atoms with Gasteiger partial charge in [-0.1, -0.05) is 6.07 Å². The van der Waals surface area contributed by atoms with Gasteiger partial charge in [0.25, 0.3) is 0 Å². The van der Waals surface area contributed by atoms with Crippen molar-refractivity contribution < 1.29 is 63.5 Å². The Morgan fingerprint density at radius 3 is 2.39 bits per heavy atom. The highest BCUT2D eigenvalue weighted by molar-refractivity contribution is 5.97. The number of phenols is 1. The maximum absolute atomic E-state index is 13.1. The molecule has 250 valence electrons. The van der Waals surface area contributed by atoms with Crippen LogP contribution < -0.4 is 14.8 Å². The number of halogens is 1. The number of carbonyl (C=O) groups excluding carboxylic acids is 1. The molecular formula is C32H38FNO12. The summed E-state index contributed by atoms with van der Waals surface area (Å²) < 4.78 is 40.8. The average molecular weight is 648 g/mol. The van der Waals surface area contributed by atoms with Gasteiger partial charge in [0.1, 0.15) is 67.7 Å². The predicted molar refractivity (Wildman–Crippen MR) is 158 cm³/mol. The van der Waals surface area contributed by atoms with Gasteiger partial charge in [0.15, 0.2) is 17.1 Å². The van der Waals surface area contributed by atoms with Crippen LogP contribution in [0, 0.1) is 5.82 Å². The van der Waals surface area contributed by atoms with Gasteiger partial charge in [-0.25, -0.2) is 4.39 Å². The van der Waals surface area contributed by atoms with Gasteiger partial charge in [0, 0.05) is 5.57 Å². The third kappa shape index (κ3) is 6.89. The van der Waals surface area contributed by atoms with E-state index in [0.717, 1.165) is 0 Å². The fourth-order valence-corrected chi connectivity index (χ4v) is 5.59. The van der Waals surface area contributed by atoms with Crippen LogP contribution in [0.4, 0.5) is 4.39 Å². The molecule has 1 aliphatic carbocycles. The van der Waals surface area contributed by atoms with E-state index in [1.807, 2.05) is 0 Å². The fraction of sp³-hybridized carbons (Fsp3) is 0.469. The second kappa shape index (κ2) is 13.6. The van der Waals surface area contributed by atoms with Gasteiger partial charge in [0.05, 0.1) is 6.04 Å². The van der Waals surface area contributed by atoms with Crippen LogP contribution in [0.2, 0.25) is 0 Å². The standard InChI is InChI=1S/C32H38FNO12/c1-15(10-11-42-19-7-5-18(33)6-8-19)26-29(39)32(3,41)31(46-26)45-21-9-4-17(13-20(21)35)12-16(2)30(40)34-22-23(36)25(38)28-27(24(22)37)43-14-44-28/h4-10,12-13,22-29,31,35-39,41H,11,14H2,1-3H3,(H,34,40)/b15-10-,16-12+/t22-,23+,24-,25-,26-,27+,28-,29-,31-,32-/m1/s1. The molecule has 7 N–H and O–H groups in total. The smallest absolute Gasteiger partial charge is 0.247 e. The number of aliphatic hydroxyl groups is 5. The molecule has 2 heterocycles. The molecule has 2 aromatic rings. The summed E-state index contributed by atoms with van der Waals surface area (Å²) in [5.74, 6) is -0.988. The number of hydrogen-bond acceptors (Lipinski definition) is 12. The monoisotopic (exact) mass is 647 g/mol. The van der Waals surface area contributed by atoms with E-state index in [2.05, 4.69) is 5.32 Å². The van der Waals surface area contributed by atoms with E-state index < -0.39 is 66.6 Å². The lowest BCUT2D eigenvalue weighted by atomic mass is 9.83. The molecule has 2 aliphatic heterocycles. The van der Waals surface area contributed by atoms with Crippen molar-refractivity contribution in [3.05, 3.63) is 71.1 Å². The first-order valence-corrected chi connectivity index (χ1v) is 14.6. The number of phenolic OH excluding ortho intramolecular Hbond substituents is 1. The molecule has 3 aliphatic rings. The molecule has 1 amide bonds. The zero-order valence-corrected chi connectivity index (χ0v) is 25.3. The summed E-state index contributed by atoms with van der Waals surface area (Å²) in [6.07, 6.45) is -6.65. The number of aliphatic hydroxyl groups excluding tert-OH is 4. The van der Waals surface area contributed by atoms with Crippen LogP contribution in [0.1, 0.15) is 26.3 Å². The molecule has 0 radical (unpaired) electrons. The van der Waals surface area contributed by atoms with Crippen molar-refractivity contribution in [2.45, 2.75) is 81.4 Å². The number of fused-ring (bicyclic) bond motifs is 1. The predicted octanol–water partition coefficient (Wildman–Crippen LogP) is 0.498. The molecule has 13 nitrogen and oxygen atoms in total. The molecule has 2 aromatic carbocycles. The third-order valence-corrected chi connectivity index (χ3v) is 8.41. The van der Waals surface area contributed by atoms with E-state index in [0.29, 0.717) is 16.9 Å². The van der Waals surface area contributed by atoms with Crippen LogP contribution in [0.15, 0.2) is 59.7 Å². The number of aromatic hydroxyl groups is 1. The van der Waals surface area contributed by atoms with Gasteiger partial charge >= 0.3 is 0 Å². The first-order chi connectivity index (χ1) is 21.8. The molecule has 3 fully saturated rings. The highest BCUT2D eigenvalue weighted by Gasteiger charge is 2.55. The molecule has 14 heteroatoms. The lowest BCUT2D eigenvalue weighted by molar-refractivity contribution is -0.155. The van der Waals surface area contributed by atoms with Crippen LogP contribution in [-0.2, 0) is 19.0 Å². The van der Waals surface area contributed by atoms with Crippen LogP contribution in [0.5, 0.6) is 17.2 Å². The second-order valence-corrected chi connectivity index (χ2v) is 11.8. The number of hydrogen-bond donors (Lipinski definition) is 7. The molecule has 1 saturated carbocycles. The SMILES string of the molecule is C/C(=C/COc1ccc(F)cc1)[C@H]1O[C@@H](Oc2ccc(/C=C(\C)C(=O)N[C@@H]3[C@H](O)[C@@H](O)[C@H]4OCO[C@H]4[C@@H]3O)cc2O)[C@](C)(O)[C@@H]1O. The Balaban J connectivity index is 1.20. The van der Waals surface area contributed by atoms with Gasteiger partial charge in [0.2, 0.25) is 12.2 Å². The summed E-state index contributed by atoms with van der Waals surface area (Å²) in [5, 5.41) is 66.4. The van der Waals surface area contributed by atoms with Crippen LogP contribution in [-0.4, -0.2) is 111 Å². The molecule has 0 aromatic heterocycles. The first-order valence-electron chi connectivity index (χ1n) is 14.6. The number of ether oxygens (including phenoxy) is 5. The minimum atomic E-state index is -1.87. The number of rotatable bonds is 9. The number of benzene rings is 2. The van der Waals surface area contributed by atoms with E-state index in [9.17, 15) is 39.8 Å². The minimum Gasteiger partial charge on any atom is -0.504 e. The quantitative estimate of drug-likeness (QED) is 0.147. The second-order valence-electron chi connectivity index (χ2n) is 11.8. The highest BCUT2D eigenvalue weighted by Crippen LogP contribution is 2.38. The van der Waals surface area contributed by atoms with Crippen molar-refractivity contribution in [1.82, 2.24) is 5.32 Å². The Morgan fingerprint density at radius 2 is 1.72 bits per heavy atom. The highest BCUT2D eigenvalue weighted by atomic mass is 19.1. The minimum absolute atomic E-state index is 0.0607. The number of nitrogens with one attached hydrogen (secondary N) is 1. The summed E-state index contributed by atoms with van der Waals surface area (Å²) in [6, 6.07) is 8.51. The molecule has 2 saturated heterocycles. The zero-order chi connectivity index (χ0) is 33.3. The lowest BCUT2D eigenvalue weighted by Crippen LogP contribution is -2.67. The van der Waals surface area contributed by atoms with Crippen molar-refractivity contribution in [3.63, 3.8) is 0 Å². The molecule has 10 atom stereocenters. The Kier molecular flexibility index (Phi) is 10.0. The van der Waals surface area contributed by atoms with Crippen molar-refractivity contribution in [3.8, 4) is 17.2 Å². The maximum Gasteiger partial charge on any atom is 0.247 e. The summed E-state index contributed by atoms with van der Waals surface area (Å²) >= 11 is 0. The topological polar surface area (TPSA) is 197 Å². The summed E-state index contributed by atoms with van der Waals surface area (Å²) in [5.41, 5.74) is -0.765. The molecule has 5 rings (SSSR count). The van der Waals surface area contributed by atoms with Gasteiger partial charge in [-0.3, -0.25) is 4.79 Å². The van der Waals surface area contributed by atoms with Gasteiger partial charge in [-0.15, -0.1) is 0 Å². The normalized spacial score (nSPS) is 34.7. The number of amides is 1. The van der Waals surface area contributed by atoms with E-state index >= 15 is 0 Å². The van der Waals surface area contributed by atoms with E-state index in [1.165, 1.54) is 62.4 Å². The molecule has 0 unspecified atom stereocenters. The fourth-order valence-electron chi connectivity index (χ4n) is 5.59. The zero-order valence-electron chi connectivity index (χ0n) is 25.3. The lowest BCUT2D eigenvalue weighted by Gasteiger charge is -2.41. The van der Waals surface area contributed by atoms with Gasteiger partial charge in [-0.2, -0.15) is 0 Å². The Morgan fingerprint density at radius 1 is 1.04 bits per heavy atom. The molecule has 0 bridgehead atoms. The van der Waals surface area contributed by atoms with Crippen LogP contribution in [0.3, 0.4) is 0 Å².